The number of aryl methyl sites for hydroxylation is 1. The molecule has 1 atom stereocenters. The maximum atomic E-state index is 12.7. The third-order valence-electron chi connectivity index (χ3n) is 5.79. The Morgan fingerprint density at radius 1 is 0.967 bits per heavy atom. The lowest BCUT2D eigenvalue weighted by Crippen LogP contribution is -2.43. The Hall–Kier alpha value is -3.15. The van der Waals surface area contributed by atoms with Gasteiger partial charge in [0, 0.05) is 35.9 Å². The lowest BCUT2D eigenvalue weighted by molar-refractivity contribution is -0.121. The van der Waals surface area contributed by atoms with E-state index in [9.17, 15) is 14.4 Å². The Bertz CT molecular complexity index is 916. The lowest BCUT2D eigenvalue weighted by atomic mass is 9.85. The molecule has 6 heteroatoms. The molecular formula is C24H29N3O3. The SMILES string of the molecule is CC(=O)c1cccc(NC(=O)C(C)C2CCN(C(=O)Nc3ccc(C)cc3)CC2)c1. The van der Waals surface area contributed by atoms with Crippen LogP contribution < -0.4 is 10.6 Å². The van der Waals surface area contributed by atoms with Gasteiger partial charge in [-0.3, -0.25) is 9.59 Å². The number of likely N-dealkylation sites (tertiary alicyclic amines) is 1. The smallest absolute Gasteiger partial charge is 0.321 e. The summed E-state index contributed by atoms with van der Waals surface area (Å²) >= 11 is 0. The maximum Gasteiger partial charge on any atom is 0.321 e. The molecule has 0 saturated carbocycles. The molecule has 3 amide bonds. The molecule has 0 bridgehead atoms. The summed E-state index contributed by atoms with van der Waals surface area (Å²) in [4.78, 5) is 38.5. The Morgan fingerprint density at radius 3 is 2.27 bits per heavy atom. The van der Waals surface area contributed by atoms with Gasteiger partial charge in [0.1, 0.15) is 0 Å². The molecule has 0 aliphatic carbocycles. The summed E-state index contributed by atoms with van der Waals surface area (Å²) in [5.41, 5.74) is 3.14. The molecule has 0 aromatic heterocycles. The van der Waals surface area contributed by atoms with Crippen LogP contribution >= 0.6 is 0 Å². The van der Waals surface area contributed by atoms with Crippen LogP contribution in [-0.4, -0.2) is 35.7 Å². The van der Waals surface area contributed by atoms with Gasteiger partial charge in [-0.25, -0.2) is 4.79 Å². The fraction of sp³-hybridized carbons (Fsp3) is 0.375. The Balaban J connectivity index is 1.50. The van der Waals surface area contributed by atoms with Gasteiger partial charge in [-0.05, 0) is 56.9 Å². The molecule has 30 heavy (non-hydrogen) atoms. The zero-order valence-electron chi connectivity index (χ0n) is 17.8. The lowest BCUT2D eigenvalue weighted by Gasteiger charge is -2.34. The van der Waals surface area contributed by atoms with E-state index in [2.05, 4.69) is 10.6 Å². The molecule has 6 nitrogen and oxygen atoms in total. The van der Waals surface area contributed by atoms with E-state index in [4.69, 9.17) is 0 Å². The van der Waals surface area contributed by atoms with E-state index in [-0.39, 0.29) is 29.6 Å². The third kappa shape index (κ3) is 5.47. The number of amides is 3. The highest BCUT2D eigenvalue weighted by Gasteiger charge is 2.30. The molecule has 2 aromatic carbocycles. The summed E-state index contributed by atoms with van der Waals surface area (Å²) in [6.07, 6.45) is 1.56. The summed E-state index contributed by atoms with van der Waals surface area (Å²) in [6, 6.07) is 14.6. The first-order chi connectivity index (χ1) is 14.3. The highest BCUT2D eigenvalue weighted by molar-refractivity contribution is 5.97. The van der Waals surface area contributed by atoms with E-state index >= 15 is 0 Å². The zero-order valence-corrected chi connectivity index (χ0v) is 17.8. The van der Waals surface area contributed by atoms with Crippen molar-refractivity contribution in [2.45, 2.75) is 33.6 Å². The molecule has 2 aromatic rings. The van der Waals surface area contributed by atoms with Gasteiger partial charge < -0.3 is 15.5 Å². The number of rotatable bonds is 5. The van der Waals surface area contributed by atoms with Crippen molar-refractivity contribution in [1.82, 2.24) is 4.90 Å². The molecule has 1 unspecified atom stereocenters. The molecular weight excluding hydrogens is 378 g/mol. The summed E-state index contributed by atoms with van der Waals surface area (Å²) in [6.45, 7) is 6.69. The highest BCUT2D eigenvalue weighted by Crippen LogP contribution is 2.27. The maximum absolute atomic E-state index is 12.7. The van der Waals surface area contributed by atoms with Crippen LogP contribution in [0.15, 0.2) is 48.5 Å². The van der Waals surface area contributed by atoms with E-state index < -0.39 is 0 Å². The number of urea groups is 1. The van der Waals surface area contributed by atoms with Crippen molar-refractivity contribution in [3.05, 3.63) is 59.7 Å². The molecule has 2 N–H and O–H groups in total. The number of carbonyl (C=O) groups is 3. The third-order valence-corrected chi connectivity index (χ3v) is 5.79. The number of anilines is 2. The first kappa shape index (κ1) is 21.6. The van der Waals surface area contributed by atoms with Gasteiger partial charge >= 0.3 is 6.03 Å². The van der Waals surface area contributed by atoms with Crippen molar-refractivity contribution >= 4 is 29.1 Å². The van der Waals surface area contributed by atoms with Gasteiger partial charge in [-0.2, -0.15) is 0 Å². The van der Waals surface area contributed by atoms with Crippen molar-refractivity contribution in [2.24, 2.45) is 11.8 Å². The molecule has 0 spiro atoms. The van der Waals surface area contributed by atoms with Crippen LogP contribution in [-0.2, 0) is 4.79 Å². The van der Waals surface area contributed by atoms with Crippen LogP contribution in [0.4, 0.5) is 16.2 Å². The molecule has 1 heterocycles. The van der Waals surface area contributed by atoms with Crippen molar-refractivity contribution in [3.63, 3.8) is 0 Å². The zero-order chi connectivity index (χ0) is 21.7. The number of ketones is 1. The fourth-order valence-electron chi connectivity index (χ4n) is 3.73. The summed E-state index contributed by atoms with van der Waals surface area (Å²) in [5, 5.41) is 5.85. The number of carbonyl (C=O) groups excluding carboxylic acids is 3. The summed E-state index contributed by atoms with van der Waals surface area (Å²) < 4.78 is 0. The van der Waals surface area contributed by atoms with E-state index in [1.807, 2.05) is 38.1 Å². The van der Waals surface area contributed by atoms with Crippen molar-refractivity contribution in [1.29, 1.82) is 0 Å². The standard InChI is InChI=1S/C24H29N3O3/c1-16-7-9-21(10-8-16)26-24(30)27-13-11-19(12-14-27)17(2)23(29)25-22-6-4-5-20(15-22)18(3)28/h4-10,15,17,19H,11-14H2,1-3H3,(H,25,29)(H,26,30). The van der Waals surface area contributed by atoms with Gasteiger partial charge in [0.2, 0.25) is 5.91 Å². The van der Waals surface area contributed by atoms with Gasteiger partial charge in [0.15, 0.2) is 5.78 Å². The number of nitrogens with one attached hydrogen (secondary N) is 2. The Morgan fingerprint density at radius 2 is 1.63 bits per heavy atom. The molecule has 1 aliphatic rings. The predicted molar refractivity (Wildman–Crippen MR) is 119 cm³/mol. The minimum absolute atomic E-state index is 0.0320. The van der Waals surface area contributed by atoms with Crippen LogP contribution in [0, 0.1) is 18.8 Å². The number of nitrogens with zero attached hydrogens (tertiary/aromatic N) is 1. The number of benzene rings is 2. The van der Waals surface area contributed by atoms with E-state index in [0.717, 1.165) is 24.1 Å². The minimum Gasteiger partial charge on any atom is -0.326 e. The molecule has 1 aliphatic heterocycles. The van der Waals surface area contributed by atoms with E-state index in [1.165, 1.54) is 6.92 Å². The quantitative estimate of drug-likeness (QED) is 0.704. The summed E-state index contributed by atoms with van der Waals surface area (Å²) in [5.74, 6) is -0.0496. The van der Waals surface area contributed by atoms with Crippen LogP contribution in [0.25, 0.3) is 0 Å². The van der Waals surface area contributed by atoms with Crippen molar-refractivity contribution in [3.8, 4) is 0 Å². The van der Waals surface area contributed by atoms with Crippen LogP contribution in [0.5, 0.6) is 0 Å². The van der Waals surface area contributed by atoms with E-state index in [1.54, 1.807) is 29.2 Å². The number of hydrogen-bond donors (Lipinski definition) is 2. The molecule has 158 valence electrons. The van der Waals surface area contributed by atoms with Gasteiger partial charge in [-0.15, -0.1) is 0 Å². The first-order valence-corrected chi connectivity index (χ1v) is 10.4. The molecule has 1 saturated heterocycles. The second-order valence-corrected chi connectivity index (χ2v) is 8.04. The monoisotopic (exact) mass is 407 g/mol. The fourth-order valence-corrected chi connectivity index (χ4v) is 3.73. The van der Waals surface area contributed by atoms with Crippen molar-refractivity contribution < 1.29 is 14.4 Å². The van der Waals surface area contributed by atoms with Gasteiger partial charge in [0.05, 0.1) is 0 Å². The van der Waals surface area contributed by atoms with Crippen LogP contribution in [0.1, 0.15) is 42.6 Å². The topological polar surface area (TPSA) is 78.5 Å². The molecule has 3 rings (SSSR count). The largest absolute Gasteiger partial charge is 0.326 e. The Labute approximate surface area is 177 Å². The average molecular weight is 408 g/mol. The minimum atomic E-state index is -0.173. The molecule has 0 radical (unpaired) electrons. The van der Waals surface area contributed by atoms with E-state index in [0.29, 0.717) is 24.3 Å². The highest BCUT2D eigenvalue weighted by atomic mass is 16.2. The normalized spacial score (nSPS) is 15.4. The van der Waals surface area contributed by atoms with Crippen LogP contribution in [0.2, 0.25) is 0 Å². The first-order valence-electron chi connectivity index (χ1n) is 10.4. The average Bonchev–Trinajstić information content (AvgIpc) is 2.75. The van der Waals surface area contributed by atoms with Crippen LogP contribution in [0.3, 0.4) is 0 Å². The van der Waals surface area contributed by atoms with Crippen molar-refractivity contribution in [2.75, 3.05) is 23.7 Å². The number of piperidine rings is 1. The summed E-state index contributed by atoms with van der Waals surface area (Å²) in [7, 11) is 0. The second kappa shape index (κ2) is 9.57. The predicted octanol–water partition coefficient (Wildman–Crippen LogP) is 4.72. The molecule has 1 fully saturated rings. The second-order valence-electron chi connectivity index (χ2n) is 8.04. The number of Topliss-reactive ketones (excluding diaryl/α,β-unsaturated/α-hetero) is 1. The van der Waals surface area contributed by atoms with Gasteiger partial charge in [-0.1, -0.05) is 36.8 Å². The number of hydrogen-bond acceptors (Lipinski definition) is 3. The van der Waals surface area contributed by atoms with Gasteiger partial charge in [0.25, 0.3) is 0 Å². The Kier molecular flexibility index (Phi) is 6.87.